The summed E-state index contributed by atoms with van der Waals surface area (Å²) in [6.45, 7) is 1.96. The Hall–Kier alpha value is -2.82. The van der Waals surface area contributed by atoms with Crippen molar-refractivity contribution in [2.45, 2.75) is 6.92 Å². The summed E-state index contributed by atoms with van der Waals surface area (Å²) in [5, 5.41) is 4.40. The molecular weight excluding hydrogens is 269 g/mol. The number of carbonyl (C=O) groups excluding carboxylic acids is 1. The van der Waals surface area contributed by atoms with Crippen LogP contribution in [-0.2, 0) is 0 Å². The van der Waals surface area contributed by atoms with E-state index in [1.807, 2.05) is 31.2 Å². The van der Waals surface area contributed by atoms with Gasteiger partial charge in [-0.1, -0.05) is 18.2 Å². The van der Waals surface area contributed by atoms with Gasteiger partial charge in [0, 0.05) is 18.0 Å². The Kier molecular flexibility index (Phi) is 3.31. The Morgan fingerprint density at radius 1 is 1.24 bits per heavy atom. The Bertz CT molecular complexity index is 811. The maximum Gasteiger partial charge on any atom is 0.153 e. The molecule has 0 amide bonds. The highest BCUT2D eigenvalue weighted by molar-refractivity contribution is 5.85. The van der Waals surface area contributed by atoms with Crippen LogP contribution in [0.25, 0.3) is 16.9 Å². The third kappa shape index (κ3) is 2.45. The predicted octanol–water partition coefficient (Wildman–Crippen LogP) is 3.19. The SMILES string of the molecule is Cc1ccccc1-n1cc(C=O)c(-c2cncc(F)c2)n1. The minimum Gasteiger partial charge on any atom is -0.298 e. The van der Waals surface area contributed by atoms with Crippen molar-refractivity contribution in [2.24, 2.45) is 0 Å². The molecule has 0 bridgehead atoms. The molecule has 0 radical (unpaired) electrons. The van der Waals surface area contributed by atoms with Crippen molar-refractivity contribution in [3.63, 3.8) is 0 Å². The van der Waals surface area contributed by atoms with E-state index in [0.717, 1.165) is 17.4 Å². The molecular formula is C16H12FN3O. The summed E-state index contributed by atoms with van der Waals surface area (Å²) in [5.41, 5.74) is 3.19. The van der Waals surface area contributed by atoms with Gasteiger partial charge in [0.1, 0.15) is 11.5 Å². The first-order valence-corrected chi connectivity index (χ1v) is 6.41. The number of halogens is 1. The van der Waals surface area contributed by atoms with Crippen LogP contribution in [0.4, 0.5) is 4.39 Å². The van der Waals surface area contributed by atoms with Gasteiger partial charge >= 0.3 is 0 Å². The molecule has 0 saturated carbocycles. The average Bonchev–Trinajstić information content (AvgIpc) is 2.92. The van der Waals surface area contributed by atoms with Crippen LogP contribution in [0, 0.1) is 12.7 Å². The lowest BCUT2D eigenvalue weighted by molar-refractivity contribution is 0.112. The summed E-state index contributed by atoms with van der Waals surface area (Å²) in [4.78, 5) is 15.0. The number of hydrogen-bond donors (Lipinski definition) is 0. The van der Waals surface area contributed by atoms with Gasteiger partial charge in [-0.25, -0.2) is 9.07 Å². The standard InChI is InChI=1S/C16H12FN3O/c1-11-4-2-3-5-15(11)20-9-13(10-21)16(19-20)12-6-14(17)8-18-7-12/h2-10H,1H3. The summed E-state index contributed by atoms with van der Waals surface area (Å²) < 4.78 is 14.9. The minimum atomic E-state index is -0.463. The normalized spacial score (nSPS) is 10.6. The average molecular weight is 281 g/mol. The van der Waals surface area contributed by atoms with Crippen LogP contribution < -0.4 is 0 Å². The van der Waals surface area contributed by atoms with Crippen molar-refractivity contribution in [3.05, 3.63) is 65.9 Å². The zero-order chi connectivity index (χ0) is 14.8. The lowest BCUT2D eigenvalue weighted by atomic mass is 10.1. The van der Waals surface area contributed by atoms with Crippen LogP contribution in [0.2, 0.25) is 0 Å². The molecule has 1 aromatic carbocycles. The van der Waals surface area contributed by atoms with Crippen molar-refractivity contribution in [2.75, 3.05) is 0 Å². The van der Waals surface area contributed by atoms with E-state index < -0.39 is 5.82 Å². The largest absolute Gasteiger partial charge is 0.298 e. The van der Waals surface area contributed by atoms with Gasteiger partial charge in [0.05, 0.1) is 17.4 Å². The molecule has 21 heavy (non-hydrogen) atoms. The molecule has 2 aromatic heterocycles. The van der Waals surface area contributed by atoms with Crippen LogP contribution in [0.3, 0.4) is 0 Å². The molecule has 0 atom stereocenters. The number of carbonyl (C=O) groups is 1. The predicted molar refractivity (Wildman–Crippen MR) is 76.9 cm³/mol. The molecule has 0 aliphatic rings. The second kappa shape index (κ2) is 5.28. The first kappa shape index (κ1) is 13.2. The van der Waals surface area contributed by atoms with Gasteiger partial charge in [-0.2, -0.15) is 5.10 Å². The topological polar surface area (TPSA) is 47.8 Å². The van der Waals surface area contributed by atoms with Crippen LogP contribution >= 0.6 is 0 Å². The molecule has 0 unspecified atom stereocenters. The first-order valence-electron chi connectivity index (χ1n) is 6.41. The van der Waals surface area contributed by atoms with E-state index in [2.05, 4.69) is 10.1 Å². The number of aromatic nitrogens is 3. The van der Waals surface area contributed by atoms with E-state index >= 15 is 0 Å². The van der Waals surface area contributed by atoms with Gasteiger partial charge in [0.2, 0.25) is 0 Å². The highest BCUT2D eigenvalue weighted by atomic mass is 19.1. The number of benzene rings is 1. The number of aryl methyl sites for hydroxylation is 1. The molecule has 3 aromatic rings. The summed E-state index contributed by atoms with van der Waals surface area (Å²) in [6, 6.07) is 9.00. The van der Waals surface area contributed by atoms with Crippen molar-refractivity contribution < 1.29 is 9.18 Å². The summed E-state index contributed by atoms with van der Waals surface area (Å²) in [5.74, 6) is -0.463. The second-order valence-corrected chi connectivity index (χ2v) is 4.67. The van der Waals surface area contributed by atoms with E-state index in [1.54, 1.807) is 10.9 Å². The number of nitrogens with zero attached hydrogens (tertiary/aromatic N) is 3. The zero-order valence-corrected chi connectivity index (χ0v) is 11.3. The molecule has 0 spiro atoms. The van der Waals surface area contributed by atoms with Gasteiger partial charge in [0.15, 0.2) is 6.29 Å². The Morgan fingerprint density at radius 2 is 2.05 bits per heavy atom. The number of pyridine rings is 1. The quantitative estimate of drug-likeness (QED) is 0.693. The lowest BCUT2D eigenvalue weighted by Crippen LogP contribution is -1.97. The van der Waals surface area contributed by atoms with Gasteiger partial charge in [-0.3, -0.25) is 9.78 Å². The van der Waals surface area contributed by atoms with Crippen molar-refractivity contribution in [1.82, 2.24) is 14.8 Å². The van der Waals surface area contributed by atoms with Crippen molar-refractivity contribution >= 4 is 6.29 Å². The van der Waals surface area contributed by atoms with Crippen LogP contribution in [-0.4, -0.2) is 21.1 Å². The molecule has 104 valence electrons. The molecule has 2 heterocycles. The molecule has 0 saturated heterocycles. The van der Waals surface area contributed by atoms with E-state index in [-0.39, 0.29) is 0 Å². The number of aldehydes is 1. The fourth-order valence-corrected chi connectivity index (χ4v) is 2.18. The third-order valence-electron chi connectivity index (χ3n) is 3.21. The second-order valence-electron chi connectivity index (χ2n) is 4.67. The Morgan fingerprint density at radius 3 is 2.76 bits per heavy atom. The van der Waals surface area contributed by atoms with Gasteiger partial charge < -0.3 is 0 Å². The third-order valence-corrected chi connectivity index (χ3v) is 3.21. The highest BCUT2D eigenvalue weighted by Crippen LogP contribution is 2.23. The number of para-hydroxylation sites is 1. The zero-order valence-electron chi connectivity index (χ0n) is 11.3. The fourth-order valence-electron chi connectivity index (χ4n) is 2.18. The Labute approximate surface area is 120 Å². The van der Waals surface area contributed by atoms with Crippen LogP contribution in [0.5, 0.6) is 0 Å². The summed E-state index contributed by atoms with van der Waals surface area (Å²) >= 11 is 0. The summed E-state index contributed by atoms with van der Waals surface area (Å²) in [7, 11) is 0. The number of rotatable bonds is 3. The minimum absolute atomic E-state index is 0.394. The lowest BCUT2D eigenvalue weighted by Gasteiger charge is -2.04. The smallest absolute Gasteiger partial charge is 0.153 e. The van der Waals surface area contributed by atoms with Crippen molar-refractivity contribution in [3.8, 4) is 16.9 Å². The van der Waals surface area contributed by atoms with E-state index in [4.69, 9.17) is 0 Å². The van der Waals surface area contributed by atoms with E-state index in [9.17, 15) is 9.18 Å². The molecule has 0 N–H and O–H groups in total. The van der Waals surface area contributed by atoms with Gasteiger partial charge in [-0.15, -0.1) is 0 Å². The van der Waals surface area contributed by atoms with Crippen LogP contribution in [0.1, 0.15) is 15.9 Å². The monoisotopic (exact) mass is 281 g/mol. The van der Waals surface area contributed by atoms with Gasteiger partial charge in [-0.05, 0) is 24.6 Å². The van der Waals surface area contributed by atoms with E-state index in [0.29, 0.717) is 23.1 Å². The first-order chi connectivity index (χ1) is 10.2. The molecule has 4 nitrogen and oxygen atoms in total. The maximum absolute atomic E-state index is 13.3. The molecule has 0 fully saturated rings. The molecule has 5 heteroatoms. The summed E-state index contributed by atoms with van der Waals surface area (Å²) in [6.07, 6.45) is 4.95. The highest BCUT2D eigenvalue weighted by Gasteiger charge is 2.13. The molecule has 0 aliphatic carbocycles. The van der Waals surface area contributed by atoms with E-state index in [1.165, 1.54) is 12.3 Å². The van der Waals surface area contributed by atoms with Crippen LogP contribution in [0.15, 0.2) is 48.9 Å². The van der Waals surface area contributed by atoms with Crippen molar-refractivity contribution in [1.29, 1.82) is 0 Å². The fraction of sp³-hybridized carbons (Fsp3) is 0.0625. The molecule has 0 aliphatic heterocycles. The molecule has 3 rings (SSSR count). The maximum atomic E-state index is 13.3. The number of hydrogen-bond acceptors (Lipinski definition) is 3. The Balaban J connectivity index is 2.15. The van der Waals surface area contributed by atoms with Gasteiger partial charge in [0.25, 0.3) is 0 Å².